The zero-order valence-corrected chi connectivity index (χ0v) is 12.0. The van der Waals surface area contributed by atoms with E-state index in [9.17, 15) is 4.79 Å². The van der Waals surface area contributed by atoms with Crippen LogP contribution in [0, 0.1) is 0 Å². The highest BCUT2D eigenvalue weighted by Gasteiger charge is 2.31. The molecule has 1 aliphatic heterocycles. The van der Waals surface area contributed by atoms with Gasteiger partial charge in [-0.25, -0.2) is 0 Å². The number of nitrogens with zero attached hydrogens (tertiary/aromatic N) is 1. The van der Waals surface area contributed by atoms with E-state index in [2.05, 4.69) is 6.92 Å². The van der Waals surface area contributed by atoms with Crippen molar-refractivity contribution in [1.29, 1.82) is 0 Å². The van der Waals surface area contributed by atoms with Gasteiger partial charge in [-0.05, 0) is 18.1 Å². The average Bonchev–Trinajstić information content (AvgIpc) is 2.86. The van der Waals surface area contributed by atoms with E-state index in [0.717, 1.165) is 30.7 Å². The Kier molecular flexibility index (Phi) is 5.08. The fourth-order valence-corrected chi connectivity index (χ4v) is 2.51. The Hall–Kier alpha value is -1.22. The average molecular weight is 282 g/mol. The van der Waals surface area contributed by atoms with Gasteiger partial charge in [-0.15, -0.1) is 11.6 Å². The maximum Gasteiger partial charge on any atom is 0.264 e. The summed E-state index contributed by atoms with van der Waals surface area (Å²) in [6, 6.07) is 7.84. The molecule has 0 aromatic heterocycles. The minimum atomic E-state index is -0.377. The number of hydrogen-bond donors (Lipinski definition) is 0. The number of hydrogen-bond acceptors (Lipinski definition) is 2. The van der Waals surface area contributed by atoms with Crippen molar-refractivity contribution in [2.45, 2.75) is 32.3 Å². The van der Waals surface area contributed by atoms with Crippen LogP contribution in [0.1, 0.15) is 25.3 Å². The predicted octanol–water partition coefficient (Wildman–Crippen LogP) is 2.86. The van der Waals surface area contributed by atoms with Gasteiger partial charge >= 0.3 is 0 Å². The van der Waals surface area contributed by atoms with Crippen molar-refractivity contribution in [2.24, 2.45) is 0 Å². The fraction of sp³-hybridized carbons (Fsp3) is 0.533. The summed E-state index contributed by atoms with van der Waals surface area (Å²) in [6.45, 7) is 3.47. The molecule has 0 aliphatic carbocycles. The third-order valence-corrected chi connectivity index (χ3v) is 3.54. The Morgan fingerprint density at radius 1 is 1.42 bits per heavy atom. The summed E-state index contributed by atoms with van der Waals surface area (Å²) in [5.74, 6) is 1.36. The molecule has 1 atom stereocenters. The van der Waals surface area contributed by atoms with Crippen LogP contribution in [0.4, 0.5) is 0 Å². The molecular formula is C15H20ClNO2. The number of benzene rings is 1. The lowest BCUT2D eigenvalue weighted by atomic mass is 10.1. The minimum absolute atomic E-state index is 0.0605. The number of ether oxygens (including phenoxy) is 1. The van der Waals surface area contributed by atoms with Crippen LogP contribution < -0.4 is 4.74 Å². The monoisotopic (exact) mass is 281 g/mol. The van der Waals surface area contributed by atoms with E-state index in [0.29, 0.717) is 18.8 Å². The van der Waals surface area contributed by atoms with E-state index in [1.54, 1.807) is 0 Å². The van der Waals surface area contributed by atoms with Crippen LogP contribution in [-0.4, -0.2) is 35.9 Å². The largest absolute Gasteiger partial charge is 0.480 e. The second kappa shape index (κ2) is 6.80. The van der Waals surface area contributed by atoms with Crippen LogP contribution in [0.3, 0.4) is 0 Å². The highest BCUT2D eigenvalue weighted by atomic mass is 35.5. The Morgan fingerprint density at radius 2 is 2.21 bits per heavy atom. The lowest BCUT2D eigenvalue weighted by Crippen LogP contribution is -2.42. The van der Waals surface area contributed by atoms with Crippen molar-refractivity contribution >= 4 is 17.5 Å². The first-order chi connectivity index (χ1) is 9.26. The molecule has 1 aromatic carbocycles. The van der Waals surface area contributed by atoms with Crippen LogP contribution in [0.5, 0.6) is 5.75 Å². The third kappa shape index (κ3) is 3.41. The van der Waals surface area contributed by atoms with Gasteiger partial charge in [-0.3, -0.25) is 4.79 Å². The molecule has 3 nitrogen and oxygen atoms in total. The van der Waals surface area contributed by atoms with Crippen LogP contribution in [0.2, 0.25) is 0 Å². The second-order valence-electron chi connectivity index (χ2n) is 4.79. The van der Waals surface area contributed by atoms with Gasteiger partial charge in [0.2, 0.25) is 0 Å². The van der Waals surface area contributed by atoms with Gasteiger partial charge in [0.1, 0.15) is 5.75 Å². The summed E-state index contributed by atoms with van der Waals surface area (Å²) < 4.78 is 5.74. The molecule has 4 heteroatoms. The Balaban J connectivity index is 1.99. The summed E-state index contributed by atoms with van der Waals surface area (Å²) in [4.78, 5) is 14.3. The summed E-state index contributed by atoms with van der Waals surface area (Å²) >= 11 is 5.78. The van der Waals surface area contributed by atoms with Crippen molar-refractivity contribution in [3.05, 3.63) is 29.8 Å². The van der Waals surface area contributed by atoms with Crippen molar-refractivity contribution in [2.75, 3.05) is 19.0 Å². The first-order valence-corrected chi connectivity index (χ1v) is 7.39. The number of para-hydroxylation sites is 1. The minimum Gasteiger partial charge on any atom is -0.480 e. The van der Waals surface area contributed by atoms with Crippen molar-refractivity contribution in [1.82, 2.24) is 4.90 Å². The normalized spacial score (nSPS) is 16.8. The number of halogens is 1. The van der Waals surface area contributed by atoms with Crippen molar-refractivity contribution in [3.63, 3.8) is 0 Å². The maximum absolute atomic E-state index is 12.5. The predicted molar refractivity (Wildman–Crippen MR) is 76.8 cm³/mol. The molecule has 0 N–H and O–H groups in total. The molecule has 0 radical (unpaired) electrons. The van der Waals surface area contributed by atoms with E-state index in [1.165, 1.54) is 0 Å². The molecule has 1 unspecified atom stereocenters. The lowest BCUT2D eigenvalue weighted by Gasteiger charge is -2.24. The van der Waals surface area contributed by atoms with Gasteiger partial charge in [0, 0.05) is 25.4 Å². The van der Waals surface area contributed by atoms with E-state index >= 15 is 0 Å². The van der Waals surface area contributed by atoms with Gasteiger partial charge in [0.25, 0.3) is 5.91 Å². The summed E-state index contributed by atoms with van der Waals surface area (Å²) in [5.41, 5.74) is 1.11. The van der Waals surface area contributed by atoms with Gasteiger partial charge < -0.3 is 9.64 Å². The molecule has 0 fully saturated rings. The number of amides is 1. The number of rotatable bonds is 6. The Bertz CT molecular complexity index is 411. The standard InChI is InChI=1S/C15H20ClNO2/c1-2-3-9-17(10-8-16)15(18)14-11-12-6-4-5-7-13(12)19-14/h4-7,14H,2-3,8-11H2,1H3. The van der Waals surface area contributed by atoms with Crippen molar-refractivity contribution in [3.8, 4) is 5.75 Å². The molecular weight excluding hydrogens is 262 g/mol. The Labute approximate surface area is 119 Å². The molecule has 19 heavy (non-hydrogen) atoms. The molecule has 0 spiro atoms. The molecule has 1 aromatic rings. The zero-order chi connectivity index (χ0) is 13.7. The van der Waals surface area contributed by atoms with Gasteiger partial charge in [0.15, 0.2) is 6.10 Å². The van der Waals surface area contributed by atoms with E-state index < -0.39 is 0 Å². The number of unbranched alkanes of at least 4 members (excludes halogenated alkanes) is 1. The van der Waals surface area contributed by atoms with Gasteiger partial charge in [-0.1, -0.05) is 31.5 Å². The summed E-state index contributed by atoms with van der Waals surface area (Å²) in [7, 11) is 0. The SMILES string of the molecule is CCCCN(CCCl)C(=O)C1Cc2ccccc2O1. The number of alkyl halides is 1. The smallest absolute Gasteiger partial charge is 0.264 e. The van der Waals surface area contributed by atoms with E-state index in [4.69, 9.17) is 16.3 Å². The zero-order valence-electron chi connectivity index (χ0n) is 11.3. The van der Waals surface area contributed by atoms with Crippen LogP contribution in [-0.2, 0) is 11.2 Å². The molecule has 104 valence electrons. The van der Waals surface area contributed by atoms with Crippen LogP contribution >= 0.6 is 11.6 Å². The van der Waals surface area contributed by atoms with Crippen molar-refractivity contribution < 1.29 is 9.53 Å². The van der Waals surface area contributed by atoms with Crippen LogP contribution in [0.25, 0.3) is 0 Å². The number of carbonyl (C=O) groups is 1. The quantitative estimate of drug-likeness (QED) is 0.751. The topological polar surface area (TPSA) is 29.5 Å². The van der Waals surface area contributed by atoms with Gasteiger partial charge in [0.05, 0.1) is 0 Å². The number of fused-ring (bicyclic) bond motifs is 1. The van der Waals surface area contributed by atoms with Crippen LogP contribution in [0.15, 0.2) is 24.3 Å². The highest BCUT2D eigenvalue weighted by Crippen LogP contribution is 2.28. The van der Waals surface area contributed by atoms with E-state index in [-0.39, 0.29) is 12.0 Å². The first-order valence-electron chi connectivity index (χ1n) is 6.85. The molecule has 0 bridgehead atoms. The van der Waals surface area contributed by atoms with E-state index in [1.807, 2.05) is 29.2 Å². The maximum atomic E-state index is 12.5. The fourth-order valence-electron chi connectivity index (χ4n) is 2.31. The Morgan fingerprint density at radius 3 is 2.89 bits per heavy atom. The second-order valence-corrected chi connectivity index (χ2v) is 5.16. The first kappa shape index (κ1) is 14.2. The molecule has 1 amide bonds. The lowest BCUT2D eigenvalue weighted by molar-refractivity contribution is -0.137. The highest BCUT2D eigenvalue weighted by molar-refractivity contribution is 6.18. The molecule has 0 saturated carbocycles. The molecule has 2 rings (SSSR count). The molecule has 1 aliphatic rings. The molecule has 0 saturated heterocycles. The van der Waals surface area contributed by atoms with Gasteiger partial charge in [-0.2, -0.15) is 0 Å². The third-order valence-electron chi connectivity index (χ3n) is 3.37. The summed E-state index contributed by atoms with van der Waals surface area (Å²) in [6.07, 6.45) is 2.36. The summed E-state index contributed by atoms with van der Waals surface area (Å²) in [5, 5.41) is 0. The number of carbonyl (C=O) groups excluding carboxylic acids is 1. The molecule has 1 heterocycles.